The molecule has 148 valence electrons. The molecule has 4 nitrogen and oxygen atoms in total. The van der Waals surface area contributed by atoms with Gasteiger partial charge in [-0.15, -0.1) is 0 Å². The Kier molecular flexibility index (Phi) is 5.10. The van der Waals surface area contributed by atoms with Crippen molar-refractivity contribution in [2.24, 2.45) is 0 Å². The maximum atomic E-state index is 12.8. The highest BCUT2D eigenvalue weighted by Gasteiger charge is 2.26. The van der Waals surface area contributed by atoms with Gasteiger partial charge in [-0.05, 0) is 71.9 Å². The van der Waals surface area contributed by atoms with E-state index >= 15 is 0 Å². The minimum Gasteiger partial charge on any atom is -0.465 e. The molecule has 0 radical (unpaired) electrons. The molecule has 4 aliphatic carbocycles. The van der Waals surface area contributed by atoms with Crippen molar-refractivity contribution in [1.82, 2.24) is 0 Å². The van der Waals surface area contributed by atoms with E-state index in [0.717, 1.165) is 47.6 Å². The third kappa shape index (κ3) is 3.39. The number of esters is 2. The lowest BCUT2D eigenvalue weighted by Gasteiger charge is -2.20. The smallest absolute Gasteiger partial charge is 0.339 e. The zero-order valence-corrected chi connectivity index (χ0v) is 17.0. The van der Waals surface area contributed by atoms with Crippen LogP contribution in [0.2, 0.25) is 0 Å². The molecule has 4 heteroatoms. The van der Waals surface area contributed by atoms with Crippen molar-refractivity contribution >= 4 is 22.7 Å². The van der Waals surface area contributed by atoms with Crippen LogP contribution in [0.5, 0.6) is 0 Å². The molecular formula is C25H24O4. The van der Waals surface area contributed by atoms with Gasteiger partial charge in [0.15, 0.2) is 0 Å². The van der Waals surface area contributed by atoms with Crippen LogP contribution in [0.3, 0.4) is 0 Å². The number of carbonyl (C=O) groups is 2. The summed E-state index contributed by atoms with van der Waals surface area (Å²) in [6.45, 7) is 1.99. The van der Waals surface area contributed by atoms with Gasteiger partial charge in [0.2, 0.25) is 0 Å². The van der Waals surface area contributed by atoms with Gasteiger partial charge in [-0.1, -0.05) is 36.4 Å². The molecule has 0 heterocycles. The van der Waals surface area contributed by atoms with Crippen molar-refractivity contribution < 1.29 is 19.1 Å². The van der Waals surface area contributed by atoms with E-state index in [1.807, 2.05) is 6.92 Å². The van der Waals surface area contributed by atoms with Gasteiger partial charge in [-0.2, -0.15) is 0 Å². The normalized spacial score (nSPS) is 13.1. The molecule has 7 rings (SSSR count). The first-order chi connectivity index (χ1) is 14.0. The summed E-state index contributed by atoms with van der Waals surface area (Å²) in [6.07, 6.45) is 3.40. The molecule has 4 aliphatic rings. The van der Waals surface area contributed by atoms with E-state index in [9.17, 15) is 9.59 Å². The molecule has 0 saturated heterocycles. The van der Waals surface area contributed by atoms with Gasteiger partial charge in [-0.3, -0.25) is 0 Å². The summed E-state index contributed by atoms with van der Waals surface area (Å²) >= 11 is 0. The first kappa shape index (κ1) is 19.2. The van der Waals surface area contributed by atoms with Crippen LogP contribution < -0.4 is 0 Å². The molecular weight excluding hydrogens is 364 g/mol. The molecule has 3 aromatic rings. The van der Waals surface area contributed by atoms with Crippen LogP contribution in [0, 0.1) is 6.92 Å². The first-order valence-corrected chi connectivity index (χ1v) is 9.86. The highest BCUT2D eigenvalue weighted by Crippen LogP contribution is 2.34. The van der Waals surface area contributed by atoms with E-state index in [2.05, 4.69) is 36.4 Å². The molecule has 0 atom stereocenters. The van der Waals surface area contributed by atoms with Crippen molar-refractivity contribution in [2.75, 3.05) is 14.2 Å². The Hall–Kier alpha value is -3.14. The number of aryl methyl sites for hydroxylation is 5. The number of benzene rings is 3. The molecule has 0 aliphatic heterocycles. The van der Waals surface area contributed by atoms with Crippen molar-refractivity contribution in [3.63, 3.8) is 0 Å². The van der Waals surface area contributed by atoms with Gasteiger partial charge in [-0.25, -0.2) is 9.59 Å². The van der Waals surface area contributed by atoms with Gasteiger partial charge in [0.25, 0.3) is 0 Å². The van der Waals surface area contributed by atoms with Crippen molar-refractivity contribution in [3.05, 3.63) is 81.4 Å². The van der Waals surface area contributed by atoms with Crippen LogP contribution in [-0.2, 0) is 35.2 Å². The van der Waals surface area contributed by atoms with E-state index in [1.165, 1.54) is 30.9 Å². The molecule has 0 amide bonds. The van der Waals surface area contributed by atoms with Crippen LogP contribution >= 0.6 is 0 Å². The van der Waals surface area contributed by atoms with Crippen molar-refractivity contribution in [1.29, 1.82) is 0 Å². The van der Waals surface area contributed by atoms with Crippen LogP contribution in [0.25, 0.3) is 10.8 Å². The van der Waals surface area contributed by atoms with E-state index < -0.39 is 11.9 Å². The molecule has 0 saturated carbocycles. The standard InChI is InChI=1S/C25H24O4/c1-15-14-20(24(26)28-2)23(25(27)29-3)22-19-11-9-17-6-4-16(5-7-17)8-10-18(12-13-19)21(15)22/h4-7,12-14H,8-11H2,1-3H3. The summed E-state index contributed by atoms with van der Waals surface area (Å²) in [4.78, 5) is 25.3. The zero-order valence-electron chi connectivity index (χ0n) is 17.0. The number of hydrogen-bond donors (Lipinski definition) is 0. The zero-order chi connectivity index (χ0) is 20.5. The number of methoxy groups -OCH3 is 2. The maximum absolute atomic E-state index is 12.8. The fraction of sp³-hybridized carbons (Fsp3) is 0.280. The Morgan fingerprint density at radius 1 is 0.724 bits per heavy atom. The lowest BCUT2D eigenvalue weighted by molar-refractivity contribution is 0.0557. The third-order valence-electron chi connectivity index (χ3n) is 5.84. The molecule has 0 fully saturated rings. The summed E-state index contributed by atoms with van der Waals surface area (Å²) in [7, 11) is 2.67. The highest BCUT2D eigenvalue weighted by atomic mass is 16.5. The molecule has 0 N–H and O–H groups in total. The molecule has 4 bridgehead atoms. The van der Waals surface area contributed by atoms with Gasteiger partial charge in [0, 0.05) is 5.39 Å². The lowest BCUT2D eigenvalue weighted by atomic mass is 9.85. The van der Waals surface area contributed by atoms with E-state index in [1.54, 1.807) is 6.07 Å². The highest BCUT2D eigenvalue weighted by molar-refractivity contribution is 6.15. The fourth-order valence-electron chi connectivity index (χ4n) is 4.35. The van der Waals surface area contributed by atoms with Crippen LogP contribution in [0.1, 0.15) is 48.5 Å². The van der Waals surface area contributed by atoms with Crippen LogP contribution in [-0.4, -0.2) is 26.2 Å². The Balaban J connectivity index is 2.05. The number of hydrogen-bond acceptors (Lipinski definition) is 4. The molecule has 0 aromatic heterocycles. The SMILES string of the molecule is COC(=O)c1cc(C)c2c3ccc(c2c1C(=O)OC)CCc1ccc(cc1)CC3. The summed E-state index contributed by atoms with van der Waals surface area (Å²) in [5.74, 6) is -1.04. The summed E-state index contributed by atoms with van der Waals surface area (Å²) in [5, 5.41) is 1.87. The van der Waals surface area contributed by atoms with E-state index in [-0.39, 0.29) is 5.56 Å². The molecule has 3 aromatic carbocycles. The fourth-order valence-corrected chi connectivity index (χ4v) is 4.35. The van der Waals surface area contributed by atoms with Crippen LogP contribution in [0.4, 0.5) is 0 Å². The number of carbonyl (C=O) groups excluding carboxylic acids is 2. The summed E-state index contributed by atoms with van der Waals surface area (Å²) in [5.41, 5.74) is 6.31. The second-order valence-electron chi connectivity index (χ2n) is 7.55. The average Bonchev–Trinajstić information content (AvgIpc) is 2.74. The van der Waals surface area contributed by atoms with Gasteiger partial charge < -0.3 is 9.47 Å². The van der Waals surface area contributed by atoms with Gasteiger partial charge >= 0.3 is 11.9 Å². The second kappa shape index (κ2) is 7.70. The number of rotatable bonds is 2. The monoisotopic (exact) mass is 388 g/mol. The summed E-state index contributed by atoms with van der Waals surface area (Å²) < 4.78 is 10.1. The Morgan fingerprint density at radius 3 is 1.76 bits per heavy atom. The van der Waals surface area contributed by atoms with Crippen LogP contribution in [0.15, 0.2) is 42.5 Å². The Bertz CT molecular complexity index is 1110. The van der Waals surface area contributed by atoms with E-state index in [0.29, 0.717) is 5.56 Å². The maximum Gasteiger partial charge on any atom is 0.339 e. The topological polar surface area (TPSA) is 52.6 Å². The molecule has 29 heavy (non-hydrogen) atoms. The summed E-state index contributed by atoms with van der Waals surface area (Å²) in [6, 6.07) is 14.8. The molecule has 0 unspecified atom stereocenters. The third-order valence-corrected chi connectivity index (χ3v) is 5.84. The second-order valence-corrected chi connectivity index (χ2v) is 7.55. The molecule has 0 spiro atoms. The average molecular weight is 388 g/mol. The largest absolute Gasteiger partial charge is 0.465 e. The predicted octanol–water partition coefficient (Wildman–Crippen LogP) is 4.61. The van der Waals surface area contributed by atoms with E-state index in [4.69, 9.17) is 9.47 Å². The quantitative estimate of drug-likeness (QED) is 0.602. The first-order valence-electron chi connectivity index (χ1n) is 9.86. The minimum absolute atomic E-state index is 0.262. The Labute approximate surface area is 170 Å². The predicted molar refractivity (Wildman–Crippen MR) is 113 cm³/mol. The van der Waals surface area contributed by atoms with Gasteiger partial charge in [0.05, 0.1) is 25.3 Å². The Morgan fingerprint density at radius 2 is 1.24 bits per heavy atom. The van der Waals surface area contributed by atoms with Gasteiger partial charge in [0.1, 0.15) is 0 Å². The number of ether oxygens (including phenoxy) is 2. The lowest BCUT2D eigenvalue weighted by Crippen LogP contribution is -2.15. The minimum atomic E-state index is -0.525. The van der Waals surface area contributed by atoms with Crippen molar-refractivity contribution in [2.45, 2.75) is 32.6 Å². The van der Waals surface area contributed by atoms with Crippen molar-refractivity contribution in [3.8, 4) is 0 Å².